The SMILES string of the molecule is CC1CN(C)CCN1C(CO)C(N)C1CC1. The molecule has 0 amide bonds. The van der Waals surface area contributed by atoms with E-state index in [1.165, 1.54) is 12.8 Å². The third-order valence-corrected chi connectivity index (χ3v) is 4.11. The molecule has 3 N–H and O–H groups in total. The Hall–Kier alpha value is -0.160. The fourth-order valence-corrected chi connectivity index (χ4v) is 2.89. The van der Waals surface area contributed by atoms with Crippen molar-refractivity contribution in [3.63, 3.8) is 0 Å². The van der Waals surface area contributed by atoms with Gasteiger partial charge in [0.2, 0.25) is 0 Å². The number of nitrogens with two attached hydrogens (primary N) is 1. The molecular formula is C12H25N3O. The Bertz CT molecular complexity index is 232. The summed E-state index contributed by atoms with van der Waals surface area (Å²) in [5, 5.41) is 9.57. The summed E-state index contributed by atoms with van der Waals surface area (Å²) in [4.78, 5) is 4.75. The number of hydrogen-bond acceptors (Lipinski definition) is 4. The van der Waals surface area contributed by atoms with E-state index in [-0.39, 0.29) is 18.7 Å². The molecular weight excluding hydrogens is 202 g/mol. The second kappa shape index (κ2) is 5.00. The predicted octanol–water partition coefficient (Wildman–Crippen LogP) is -0.279. The Morgan fingerprint density at radius 2 is 2.06 bits per heavy atom. The summed E-state index contributed by atoms with van der Waals surface area (Å²) in [5.41, 5.74) is 6.25. The van der Waals surface area contributed by atoms with Gasteiger partial charge in [0.05, 0.1) is 6.61 Å². The lowest BCUT2D eigenvalue weighted by atomic mass is 10.0. The zero-order valence-electron chi connectivity index (χ0n) is 10.5. The monoisotopic (exact) mass is 227 g/mol. The van der Waals surface area contributed by atoms with E-state index >= 15 is 0 Å². The number of aliphatic hydroxyl groups excluding tert-OH is 1. The number of rotatable bonds is 4. The van der Waals surface area contributed by atoms with Gasteiger partial charge >= 0.3 is 0 Å². The van der Waals surface area contributed by atoms with E-state index in [1.807, 2.05) is 0 Å². The highest BCUT2D eigenvalue weighted by atomic mass is 16.3. The van der Waals surface area contributed by atoms with Gasteiger partial charge in [-0.25, -0.2) is 0 Å². The summed E-state index contributed by atoms with van der Waals surface area (Å²) >= 11 is 0. The van der Waals surface area contributed by atoms with Crippen molar-refractivity contribution < 1.29 is 5.11 Å². The average molecular weight is 227 g/mol. The van der Waals surface area contributed by atoms with Crippen molar-refractivity contribution in [3.05, 3.63) is 0 Å². The molecule has 0 spiro atoms. The third kappa shape index (κ3) is 2.56. The lowest BCUT2D eigenvalue weighted by Gasteiger charge is -2.44. The molecule has 94 valence electrons. The number of piperazine rings is 1. The maximum atomic E-state index is 9.57. The van der Waals surface area contributed by atoms with Gasteiger partial charge < -0.3 is 15.7 Å². The van der Waals surface area contributed by atoms with Crippen LogP contribution in [0.1, 0.15) is 19.8 Å². The van der Waals surface area contributed by atoms with Gasteiger partial charge in [0.25, 0.3) is 0 Å². The van der Waals surface area contributed by atoms with Gasteiger partial charge in [0, 0.05) is 37.8 Å². The molecule has 1 heterocycles. The van der Waals surface area contributed by atoms with Crippen LogP contribution >= 0.6 is 0 Å². The number of aliphatic hydroxyl groups is 1. The standard InChI is InChI=1S/C12H25N3O/c1-9-7-14(2)5-6-15(9)11(8-16)12(13)10-3-4-10/h9-12,16H,3-8,13H2,1-2H3. The van der Waals surface area contributed by atoms with E-state index in [1.54, 1.807) is 0 Å². The van der Waals surface area contributed by atoms with Crippen LogP contribution in [0.2, 0.25) is 0 Å². The molecule has 2 fully saturated rings. The van der Waals surface area contributed by atoms with Crippen LogP contribution in [0, 0.1) is 5.92 Å². The maximum Gasteiger partial charge on any atom is 0.0602 e. The first kappa shape index (κ1) is 12.3. The molecule has 1 saturated heterocycles. The summed E-state index contributed by atoms with van der Waals surface area (Å²) in [6.07, 6.45) is 2.50. The molecule has 3 atom stereocenters. The van der Waals surface area contributed by atoms with Gasteiger partial charge in [-0.3, -0.25) is 4.90 Å². The van der Waals surface area contributed by atoms with Gasteiger partial charge in [-0.2, -0.15) is 0 Å². The number of hydrogen-bond donors (Lipinski definition) is 2. The molecule has 4 nitrogen and oxygen atoms in total. The normalized spacial score (nSPS) is 32.6. The van der Waals surface area contributed by atoms with Gasteiger partial charge in [0.1, 0.15) is 0 Å². The predicted molar refractivity (Wildman–Crippen MR) is 65.2 cm³/mol. The van der Waals surface area contributed by atoms with Crippen molar-refractivity contribution in [1.29, 1.82) is 0 Å². The van der Waals surface area contributed by atoms with Gasteiger partial charge in [-0.05, 0) is 32.7 Å². The Labute approximate surface area is 98.4 Å². The Morgan fingerprint density at radius 1 is 1.38 bits per heavy atom. The second-order valence-electron chi connectivity index (χ2n) is 5.51. The summed E-state index contributed by atoms with van der Waals surface area (Å²) in [6, 6.07) is 0.827. The van der Waals surface area contributed by atoms with Crippen molar-refractivity contribution in [2.24, 2.45) is 11.7 Å². The summed E-state index contributed by atoms with van der Waals surface area (Å²) < 4.78 is 0. The average Bonchev–Trinajstić information content (AvgIpc) is 3.05. The topological polar surface area (TPSA) is 52.7 Å². The van der Waals surface area contributed by atoms with Crippen LogP contribution in [-0.4, -0.2) is 66.3 Å². The number of nitrogens with zero attached hydrogens (tertiary/aromatic N) is 2. The molecule has 1 saturated carbocycles. The molecule has 0 aromatic carbocycles. The van der Waals surface area contributed by atoms with E-state index in [4.69, 9.17) is 5.73 Å². The summed E-state index contributed by atoms with van der Waals surface area (Å²) in [5.74, 6) is 0.656. The summed E-state index contributed by atoms with van der Waals surface area (Å²) in [7, 11) is 2.16. The van der Waals surface area contributed by atoms with Crippen LogP contribution in [0.15, 0.2) is 0 Å². The minimum Gasteiger partial charge on any atom is -0.395 e. The van der Waals surface area contributed by atoms with Crippen molar-refractivity contribution >= 4 is 0 Å². The van der Waals surface area contributed by atoms with Crippen LogP contribution in [0.3, 0.4) is 0 Å². The first-order valence-corrected chi connectivity index (χ1v) is 6.44. The van der Waals surface area contributed by atoms with Crippen molar-refractivity contribution in [2.75, 3.05) is 33.3 Å². The number of likely N-dealkylation sites (N-methyl/N-ethyl adjacent to an activating group) is 1. The van der Waals surface area contributed by atoms with E-state index in [0.29, 0.717) is 12.0 Å². The van der Waals surface area contributed by atoms with Crippen LogP contribution < -0.4 is 5.73 Å². The lowest BCUT2D eigenvalue weighted by Crippen LogP contribution is -2.60. The van der Waals surface area contributed by atoms with Gasteiger partial charge in [-0.1, -0.05) is 0 Å². The summed E-state index contributed by atoms with van der Waals surface area (Å²) in [6.45, 7) is 5.62. The molecule has 1 aliphatic carbocycles. The highest BCUT2D eigenvalue weighted by Gasteiger charge is 2.38. The Balaban J connectivity index is 1.96. The molecule has 2 rings (SSSR count). The van der Waals surface area contributed by atoms with Crippen molar-refractivity contribution in [3.8, 4) is 0 Å². The van der Waals surface area contributed by atoms with Crippen LogP contribution in [0.25, 0.3) is 0 Å². The zero-order valence-corrected chi connectivity index (χ0v) is 10.5. The molecule has 0 bridgehead atoms. The van der Waals surface area contributed by atoms with E-state index in [0.717, 1.165) is 19.6 Å². The van der Waals surface area contributed by atoms with Crippen LogP contribution in [0.5, 0.6) is 0 Å². The van der Waals surface area contributed by atoms with E-state index < -0.39 is 0 Å². The molecule has 1 aliphatic heterocycles. The van der Waals surface area contributed by atoms with E-state index in [9.17, 15) is 5.11 Å². The molecule has 3 unspecified atom stereocenters. The van der Waals surface area contributed by atoms with Crippen molar-refractivity contribution in [2.45, 2.75) is 37.9 Å². The molecule has 4 heteroatoms. The minimum atomic E-state index is 0.163. The fraction of sp³-hybridized carbons (Fsp3) is 1.00. The molecule has 0 aromatic rings. The molecule has 0 aromatic heterocycles. The Kier molecular flexibility index (Phi) is 3.85. The maximum absolute atomic E-state index is 9.57. The smallest absolute Gasteiger partial charge is 0.0602 e. The van der Waals surface area contributed by atoms with E-state index in [2.05, 4.69) is 23.8 Å². The fourth-order valence-electron chi connectivity index (χ4n) is 2.89. The highest BCUT2D eigenvalue weighted by Crippen LogP contribution is 2.34. The second-order valence-corrected chi connectivity index (χ2v) is 5.51. The highest BCUT2D eigenvalue weighted by molar-refractivity contribution is 4.95. The first-order valence-electron chi connectivity index (χ1n) is 6.44. The largest absolute Gasteiger partial charge is 0.395 e. The minimum absolute atomic E-state index is 0.163. The lowest BCUT2D eigenvalue weighted by molar-refractivity contribution is 0.0208. The van der Waals surface area contributed by atoms with Crippen LogP contribution in [-0.2, 0) is 0 Å². The third-order valence-electron chi connectivity index (χ3n) is 4.11. The molecule has 0 radical (unpaired) electrons. The molecule has 2 aliphatic rings. The quantitative estimate of drug-likeness (QED) is 0.694. The van der Waals surface area contributed by atoms with Gasteiger partial charge in [-0.15, -0.1) is 0 Å². The molecule has 16 heavy (non-hydrogen) atoms. The Morgan fingerprint density at radius 3 is 2.56 bits per heavy atom. The van der Waals surface area contributed by atoms with Crippen molar-refractivity contribution in [1.82, 2.24) is 9.80 Å². The first-order chi connectivity index (χ1) is 7.63. The zero-order chi connectivity index (χ0) is 11.7. The van der Waals surface area contributed by atoms with Crippen LogP contribution in [0.4, 0.5) is 0 Å². The van der Waals surface area contributed by atoms with Gasteiger partial charge in [0.15, 0.2) is 0 Å².